The van der Waals surface area contributed by atoms with Crippen molar-refractivity contribution in [3.63, 3.8) is 0 Å². The fourth-order valence-electron chi connectivity index (χ4n) is 4.81. The third kappa shape index (κ3) is 5.38. The monoisotopic (exact) mass is 544 g/mol. The van der Waals surface area contributed by atoms with Crippen molar-refractivity contribution in [1.82, 2.24) is 19.7 Å². The van der Waals surface area contributed by atoms with Crippen LogP contribution in [0.15, 0.2) is 115 Å². The Morgan fingerprint density at radius 2 is 1.68 bits per heavy atom. The van der Waals surface area contributed by atoms with E-state index in [2.05, 4.69) is 15.6 Å². The van der Waals surface area contributed by atoms with E-state index in [1.807, 2.05) is 97.9 Å². The Labute approximate surface area is 237 Å². The summed E-state index contributed by atoms with van der Waals surface area (Å²) in [4.78, 5) is 22.6. The van der Waals surface area contributed by atoms with E-state index < -0.39 is 6.04 Å². The molecule has 0 bridgehead atoms. The number of benzene rings is 3. The number of amides is 1. The second-order valence-electron chi connectivity index (χ2n) is 9.51. The lowest BCUT2D eigenvalue weighted by Crippen LogP contribution is -2.31. The lowest BCUT2D eigenvalue weighted by atomic mass is 9.94. The number of pyridine rings is 1. The number of aromatic nitrogens is 4. The van der Waals surface area contributed by atoms with Crippen LogP contribution in [-0.4, -0.2) is 32.8 Å². The van der Waals surface area contributed by atoms with E-state index in [4.69, 9.17) is 19.6 Å². The van der Waals surface area contributed by atoms with E-state index in [1.54, 1.807) is 24.2 Å². The molecule has 5 aromatic rings. The van der Waals surface area contributed by atoms with Crippen molar-refractivity contribution in [2.24, 2.45) is 0 Å². The predicted molar refractivity (Wildman–Crippen MR) is 157 cm³/mol. The number of methoxy groups -OCH3 is 1. The maximum atomic E-state index is 13.8. The Morgan fingerprint density at radius 1 is 0.951 bits per heavy atom. The minimum absolute atomic E-state index is 0.249. The fourth-order valence-corrected chi connectivity index (χ4v) is 4.81. The Kier molecular flexibility index (Phi) is 7.15. The number of carbonyl (C=O) groups is 1. The number of ether oxygens (including phenoxy) is 2. The van der Waals surface area contributed by atoms with Gasteiger partial charge in [-0.05, 0) is 54.4 Å². The topological polar surface area (TPSA) is 103 Å². The van der Waals surface area contributed by atoms with Crippen molar-refractivity contribution in [1.29, 1.82) is 0 Å². The second-order valence-corrected chi connectivity index (χ2v) is 9.51. The SMILES string of the molecule is COc1cc(C2C(C(=O)Nc3ccccc3)=C(C)Nc3nc(-c4ccncc4)nn32)ccc1OCc1ccccc1. The molecule has 41 heavy (non-hydrogen) atoms. The summed E-state index contributed by atoms with van der Waals surface area (Å²) in [6.07, 6.45) is 3.39. The Bertz CT molecular complexity index is 1700. The summed E-state index contributed by atoms with van der Waals surface area (Å²) in [5.41, 5.74) is 4.53. The van der Waals surface area contributed by atoms with Gasteiger partial charge in [0.15, 0.2) is 17.3 Å². The van der Waals surface area contributed by atoms with Crippen molar-refractivity contribution in [2.45, 2.75) is 19.6 Å². The molecule has 0 spiro atoms. The van der Waals surface area contributed by atoms with Crippen LogP contribution in [0.3, 0.4) is 0 Å². The van der Waals surface area contributed by atoms with E-state index in [9.17, 15) is 4.79 Å². The molecule has 0 aliphatic carbocycles. The summed E-state index contributed by atoms with van der Waals surface area (Å²) in [7, 11) is 1.60. The van der Waals surface area contributed by atoms with Crippen molar-refractivity contribution in [2.75, 3.05) is 17.7 Å². The van der Waals surface area contributed by atoms with Gasteiger partial charge in [-0.2, -0.15) is 4.98 Å². The molecule has 6 rings (SSSR count). The molecule has 0 saturated carbocycles. The van der Waals surface area contributed by atoms with Gasteiger partial charge in [-0.1, -0.05) is 54.6 Å². The van der Waals surface area contributed by atoms with Gasteiger partial charge in [0.05, 0.1) is 12.7 Å². The molecule has 9 nitrogen and oxygen atoms in total. The standard InChI is InChI=1S/C32H28N6O3/c1-21-28(31(39)35-25-11-7-4-8-12-25)29(38-32(34-21)36-30(37-38)23-15-17-33-18-16-23)24-13-14-26(27(19-24)40-2)41-20-22-9-5-3-6-10-22/h3-19,29H,20H2,1-2H3,(H,35,39)(H,34,36,37). The minimum Gasteiger partial charge on any atom is -0.493 e. The van der Waals surface area contributed by atoms with Crippen LogP contribution in [0, 0.1) is 0 Å². The number of hydrogen-bond donors (Lipinski definition) is 2. The van der Waals surface area contributed by atoms with Crippen LogP contribution in [0.2, 0.25) is 0 Å². The lowest BCUT2D eigenvalue weighted by Gasteiger charge is -2.29. The molecule has 3 heterocycles. The van der Waals surface area contributed by atoms with Crippen LogP contribution < -0.4 is 20.1 Å². The van der Waals surface area contributed by atoms with E-state index in [1.165, 1.54) is 0 Å². The smallest absolute Gasteiger partial charge is 0.255 e. The van der Waals surface area contributed by atoms with Gasteiger partial charge in [0.2, 0.25) is 5.95 Å². The first kappa shape index (κ1) is 25.8. The highest BCUT2D eigenvalue weighted by molar-refractivity contribution is 6.06. The zero-order valence-electron chi connectivity index (χ0n) is 22.6. The van der Waals surface area contributed by atoms with Crippen molar-refractivity contribution >= 4 is 17.5 Å². The number of nitrogens with zero attached hydrogens (tertiary/aromatic N) is 4. The number of carbonyl (C=O) groups excluding carboxylic acids is 1. The zero-order valence-corrected chi connectivity index (χ0v) is 22.6. The molecular formula is C32H28N6O3. The molecule has 0 radical (unpaired) electrons. The Hall–Kier alpha value is -5.44. The summed E-state index contributed by atoms with van der Waals surface area (Å²) >= 11 is 0. The number of allylic oxidation sites excluding steroid dienone is 1. The van der Waals surface area contributed by atoms with Crippen LogP contribution >= 0.6 is 0 Å². The molecular weight excluding hydrogens is 516 g/mol. The first-order valence-electron chi connectivity index (χ1n) is 13.2. The van der Waals surface area contributed by atoms with Crippen molar-refractivity contribution in [3.8, 4) is 22.9 Å². The molecule has 2 aromatic heterocycles. The van der Waals surface area contributed by atoms with Gasteiger partial charge in [0, 0.05) is 29.3 Å². The number of hydrogen-bond acceptors (Lipinski definition) is 7. The third-order valence-corrected chi connectivity index (χ3v) is 6.81. The average molecular weight is 545 g/mol. The summed E-state index contributed by atoms with van der Waals surface area (Å²) in [5, 5.41) is 11.1. The highest BCUT2D eigenvalue weighted by Gasteiger charge is 2.35. The van der Waals surface area contributed by atoms with Gasteiger partial charge in [0.25, 0.3) is 5.91 Å². The molecule has 1 atom stereocenters. The van der Waals surface area contributed by atoms with E-state index in [0.29, 0.717) is 46.8 Å². The van der Waals surface area contributed by atoms with Crippen molar-refractivity contribution < 1.29 is 14.3 Å². The van der Waals surface area contributed by atoms with E-state index in [0.717, 1.165) is 16.7 Å². The largest absolute Gasteiger partial charge is 0.493 e. The molecule has 1 aliphatic rings. The van der Waals surface area contributed by atoms with Crippen LogP contribution in [0.5, 0.6) is 11.5 Å². The zero-order chi connectivity index (χ0) is 28.2. The molecule has 9 heteroatoms. The molecule has 3 aromatic carbocycles. The van der Waals surface area contributed by atoms with Gasteiger partial charge < -0.3 is 20.1 Å². The number of anilines is 2. The highest BCUT2D eigenvalue weighted by atomic mass is 16.5. The first-order valence-corrected chi connectivity index (χ1v) is 13.2. The Morgan fingerprint density at radius 3 is 2.41 bits per heavy atom. The summed E-state index contributed by atoms with van der Waals surface area (Å²) in [5.74, 6) is 1.95. The van der Waals surface area contributed by atoms with Crippen LogP contribution in [0.25, 0.3) is 11.4 Å². The average Bonchev–Trinajstić information content (AvgIpc) is 3.44. The molecule has 1 amide bonds. The number of nitrogens with one attached hydrogen (secondary N) is 2. The van der Waals surface area contributed by atoms with Crippen LogP contribution in [0.4, 0.5) is 11.6 Å². The molecule has 0 fully saturated rings. The molecule has 2 N–H and O–H groups in total. The van der Waals surface area contributed by atoms with Crippen molar-refractivity contribution in [3.05, 3.63) is 126 Å². The van der Waals surface area contributed by atoms with Gasteiger partial charge in [0.1, 0.15) is 12.6 Å². The first-order chi connectivity index (χ1) is 20.1. The normalized spacial score (nSPS) is 14.1. The van der Waals surface area contributed by atoms with Crippen LogP contribution in [0.1, 0.15) is 24.1 Å². The maximum Gasteiger partial charge on any atom is 0.255 e. The summed E-state index contributed by atoms with van der Waals surface area (Å²) < 4.78 is 13.6. The molecule has 1 unspecified atom stereocenters. The Balaban J connectivity index is 1.40. The minimum atomic E-state index is -0.588. The summed E-state index contributed by atoms with van der Waals surface area (Å²) in [6, 6.07) is 28.1. The van der Waals surface area contributed by atoms with E-state index in [-0.39, 0.29) is 5.91 Å². The second kappa shape index (κ2) is 11.4. The lowest BCUT2D eigenvalue weighted by molar-refractivity contribution is -0.113. The number of rotatable bonds is 8. The predicted octanol–water partition coefficient (Wildman–Crippen LogP) is 5.86. The van der Waals surface area contributed by atoms with Gasteiger partial charge in [-0.25, -0.2) is 4.68 Å². The molecule has 0 saturated heterocycles. The maximum absolute atomic E-state index is 13.8. The van der Waals surface area contributed by atoms with E-state index >= 15 is 0 Å². The van der Waals surface area contributed by atoms with Gasteiger partial charge in [-0.3, -0.25) is 9.78 Å². The van der Waals surface area contributed by atoms with Crippen LogP contribution in [-0.2, 0) is 11.4 Å². The molecule has 204 valence electrons. The fraction of sp³-hybridized carbons (Fsp3) is 0.125. The summed E-state index contributed by atoms with van der Waals surface area (Å²) in [6.45, 7) is 2.27. The third-order valence-electron chi connectivity index (χ3n) is 6.81. The number of para-hydroxylation sites is 1. The van der Waals surface area contributed by atoms with Gasteiger partial charge in [-0.15, -0.1) is 5.10 Å². The number of fused-ring (bicyclic) bond motifs is 1. The quantitative estimate of drug-likeness (QED) is 0.252. The highest BCUT2D eigenvalue weighted by Crippen LogP contribution is 2.40. The molecule has 1 aliphatic heterocycles. The van der Waals surface area contributed by atoms with Gasteiger partial charge >= 0.3 is 0 Å².